The highest BCUT2D eigenvalue weighted by Gasteiger charge is 2.23. The summed E-state index contributed by atoms with van der Waals surface area (Å²) in [5, 5.41) is 9.53. The van der Waals surface area contributed by atoms with Gasteiger partial charge in [-0.1, -0.05) is 18.2 Å². The Morgan fingerprint density at radius 1 is 1.78 bits per heavy atom. The van der Waals surface area contributed by atoms with Crippen molar-refractivity contribution in [1.82, 2.24) is 0 Å². The number of hydrogen-bond donors (Lipinski definition) is 1. The average Bonchev–Trinajstić information content (AvgIpc) is 2.16. The average molecular weight is 124 g/mol. The molecule has 1 N–H and O–H groups in total. The number of hydrogen-bond acceptors (Lipinski definition) is 1. The van der Waals surface area contributed by atoms with Crippen molar-refractivity contribution in [3.63, 3.8) is 0 Å². The third-order valence-electron chi connectivity index (χ3n) is 1.67. The van der Waals surface area contributed by atoms with Crippen molar-refractivity contribution in [2.75, 3.05) is 0 Å². The van der Waals surface area contributed by atoms with Gasteiger partial charge in [-0.05, 0) is 19.3 Å². The Morgan fingerprint density at radius 2 is 2.56 bits per heavy atom. The second kappa shape index (κ2) is 2.36. The van der Waals surface area contributed by atoms with E-state index in [9.17, 15) is 5.11 Å². The summed E-state index contributed by atoms with van der Waals surface area (Å²) >= 11 is 0. The van der Waals surface area contributed by atoms with Gasteiger partial charge >= 0.3 is 0 Å². The summed E-state index contributed by atoms with van der Waals surface area (Å²) < 4.78 is 0. The lowest BCUT2D eigenvalue weighted by molar-refractivity contribution is 0.0943. The first-order valence-electron chi connectivity index (χ1n) is 3.28. The van der Waals surface area contributed by atoms with Crippen LogP contribution < -0.4 is 0 Å². The minimum absolute atomic E-state index is 0.554. The first-order chi connectivity index (χ1) is 4.27. The van der Waals surface area contributed by atoms with Crippen LogP contribution in [0.4, 0.5) is 0 Å². The van der Waals surface area contributed by atoms with Crippen molar-refractivity contribution < 1.29 is 5.11 Å². The molecular weight excluding hydrogens is 112 g/mol. The molecule has 0 amide bonds. The minimum atomic E-state index is -0.554. The summed E-state index contributed by atoms with van der Waals surface area (Å²) in [6.07, 6.45) is 8.20. The molecule has 0 fully saturated rings. The van der Waals surface area contributed by atoms with E-state index >= 15 is 0 Å². The molecule has 0 aromatic rings. The van der Waals surface area contributed by atoms with Crippen molar-refractivity contribution >= 4 is 0 Å². The van der Waals surface area contributed by atoms with Crippen molar-refractivity contribution in [2.24, 2.45) is 0 Å². The van der Waals surface area contributed by atoms with Gasteiger partial charge in [0.05, 0.1) is 5.60 Å². The third kappa shape index (κ3) is 1.42. The van der Waals surface area contributed by atoms with Crippen molar-refractivity contribution in [2.45, 2.75) is 24.9 Å². The SMILES string of the molecule is C=CCC1(O)C=CCC1. The standard InChI is InChI=1S/C8H12O/c1-2-5-8(9)6-3-4-7-8/h2-3,6,9H,1,4-5,7H2. The Hall–Kier alpha value is -0.560. The summed E-state index contributed by atoms with van der Waals surface area (Å²) in [5.74, 6) is 0. The van der Waals surface area contributed by atoms with Crippen LogP contribution in [0.3, 0.4) is 0 Å². The van der Waals surface area contributed by atoms with Crippen molar-refractivity contribution in [1.29, 1.82) is 0 Å². The zero-order chi connectivity index (χ0) is 6.74. The lowest BCUT2D eigenvalue weighted by Gasteiger charge is -2.16. The lowest BCUT2D eigenvalue weighted by atomic mass is 10.00. The molecule has 0 saturated carbocycles. The van der Waals surface area contributed by atoms with Crippen LogP contribution in [0.15, 0.2) is 24.8 Å². The number of allylic oxidation sites excluding steroid dienone is 1. The summed E-state index contributed by atoms with van der Waals surface area (Å²) in [7, 11) is 0. The fourth-order valence-corrected chi connectivity index (χ4v) is 1.14. The maximum Gasteiger partial charge on any atom is 0.0864 e. The molecule has 1 heteroatoms. The largest absolute Gasteiger partial charge is 0.385 e. The molecule has 0 saturated heterocycles. The van der Waals surface area contributed by atoms with Gasteiger partial charge in [-0.15, -0.1) is 6.58 Å². The molecular formula is C8H12O. The van der Waals surface area contributed by atoms with Crippen molar-refractivity contribution in [3.05, 3.63) is 24.8 Å². The topological polar surface area (TPSA) is 20.2 Å². The van der Waals surface area contributed by atoms with E-state index in [1.54, 1.807) is 6.08 Å². The smallest absolute Gasteiger partial charge is 0.0864 e. The number of aliphatic hydroxyl groups is 1. The molecule has 0 aromatic heterocycles. The highest BCUT2D eigenvalue weighted by Crippen LogP contribution is 2.25. The second-order valence-electron chi connectivity index (χ2n) is 2.54. The summed E-state index contributed by atoms with van der Waals surface area (Å²) in [6, 6.07) is 0. The predicted octanol–water partition coefficient (Wildman–Crippen LogP) is 1.64. The fraction of sp³-hybridized carbons (Fsp3) is 0.500. The summed E-state index contributed by atoms with van der Waals surface area (Å²) in [5.41, 5.74) is -0.554. The van der Waals surface area contributed by atoms with E-state index in [4.69, 9.17) is 0 Å². The third-order valence-corrected chi connectivity index (χ3v) is 1.67. The molecule has 50 valence electrons. The Labute approximate surface area is 55.7 Å². The molecule has 1 aliphatic rings. The first kappa shape index (κ1) is 6.56. The molecule has 1 unspecified atom stereocenters. The van der Waals surface area contributed by atoms with E-state index in [1.807, 2.05) is 12.2 Å². The van der Waals surface area contributed by atoms with Crippen LogP contribution in [0.25, 0.3) is 0 Å². The highest BCUT2D eigenvalue weighted by molar-refractivity contribution is 5.10. The quantitative estimate of drug-likeness (QED) is 0.555. The highest BCUT2D eigenvalue weighted by atomic mass is 16.3. The molecule has 9 heavy (non-hydrogen) atoms. The van der Waals surface area contributed by atoms with Gasteiger partial charge in [0.1, 0.15) is 0 Å². The van der Waals surface area contributed by atoms with Gasteiger partial charge in [0.25, 0.3) is 0 Å². The van der Waals surface area contributed by atoms with Crippen LogP contribution in [0.2, 0.25) is 0 Å². The molecule has 1 nitrogen and oxygen atoms in total. The van der Waals surface area contributed by atoms with Crippen molar-refractivity contribution in [3.8, 4) is 0 Å². The lowest BCUT2D eigenvalue weighted by Crippen LogP contribution is -2.20. The van der Waals surface area contributed by atoms with E-state index in [0.717, 1.165) is 12.8 Å². The minimum Gasteiger partial charge on any atom is -0.385 e. The molecule has 1 rings (SSSR count). The van der Waals surface area contributed by atoms with Crippen LogP contribution in [0.5, 0.6) is 0 Å². The van der Waals surface area contributed by atoms with Gasteiger partial charge in [0.15, 0.2) is 0 Å². The van der Waals surface area contributed by atoms with E-state index in [1.165, 1.54) is 0 Å². The van der Waals surface area contributed by atoms with Gasteiger partial charge < -0.3 is 5.11 Å². The van der Waals surface area contributed by atoms with Gasteiger partial charge in [-0.2, -0.15) is 0 Å². The fourth-order valence-electron chi connectivity index (χ4n) is 1.14. The molecule has 0 aliphatic heterocycles. The van der Waals surface area contributed by atoms with Gasteiger partial charge in [0.2, 0.25) is 0 Å². The van der Waals surface area contributed by atoms with Crippen LogP contribution in [-0.4, -0.2) is 10.7 Å². The van der Waals surface area contributed by atoms with E-state index in [0.29, 0.717) is 6.42 Å². The predicted molar refractivity (Wildman–Crippen MR) is 38.1 cm³/mol. The Bertz CT molecular complexity index is 138. The maximum atomic E-state index is 9.53. The van der Waals surface area contributed by atoms with Crippen LogP contribution in [0, 0.1) is 0 Å². The second-order valence-corrected chi connectivity index (χ2v) is 2.54. The summed E-state index contributed by atoms with van der Waals surface area (Å²) in [4.78, 5) is 0. The summed E-state index contributed by atoms with van der Waals surface area (Å²) in [6.45, 7) is 3.58. The zero-order valence-electron chi connectivity index (χ0n) is 5.51. The van der Waals surface area contributed by atoms with E-state index in [-0.39, 0.29) is 0 Å². The Morgan fingerprint density at radius 3 is 3.00 bits per heavy atom. The zero-order valence-corrected chi connectivity index (χ0v) is 5.51. The van der Waals surface area contributed by atoms with Crippen LogP contribution in [-0.2, 0) is 0 Å². The number of rotatable bonds is 2. The maximum absolute atomic E-state index is 9.53. The molecule has 0 heterocycles. The van der Waals surface area contributed by atoms with Gasteiger partial charge in [-0.25, -0.2) is 0 Å². The Balaban J connectivity index is 2.51. The van der Waals surface area contributed by atoms with E-state index < -0.39 is 5.60 Å². The molecule has 1 aliphatic carbocycles. The Kier molecular flexibility index (Phi) is 1.72. The van der Waals surface area contributed by atoms with Gasteiger partial charge in [-0.3, -0.25) is 0 Å². The van der Waals surface area contributed by atoms with Crippen LogP contribution >= 0.6 is 0 Å². The molecule has 0 spiro atoms. The van der Waals surface area contributed by atoms with Gasteiger partial charge in [0, 0.05) is 0 Å². The monoisotopic (exact) mass is 124 g/mol. The normalized spacial score (nSPS) is 33.0. The molecule has 0 radical (unpaired) electrons. The molecule has 0 bridgehead atoms. The molecule has 1 atom stereocenters. The van der Waals surface area contributed by atoms with Crippen LogP contribution in [0.1, 0.15) is 19.3 Å². The molecule has 0 aromatic carbocycles. The first-order valence-corrected chi connectivity index (χ1v) is 3.28. The van der Waals surface area contributed by atoms with E-state index in [2.05, 4.69) is 6.58 Å².